The molecule has 31 heavy (non-hydrogen) atoms. The molecular weight excluding hydrogens is 410 g/mol. The highest BCUT2D eigenvalue weighted by Crippen LogP contribution is 2.32. The topological polar surface area (TPSA) is 73.6 Å². The summed E-state index contributed by atoms with van der Waals surface area (Å²) in [4.78, 5) is 13.7. The molecule has 7 nitrogen and oxygen atoms in total. The number of benzene rings is 2. The van der Waals surface area contributed by atoms with Gasteiger partial charge in [0.1, 0.15) is 5.01 Å². The van der Waals surface area contributed by atoms with E-state index in [1.54, 1.807) is 31.8 Å². The zero-order valence-electron chi connectivity index (χ0n) is 16.9. The number of thiazole rings is 1. The van der Waals surface area contributed by atoms with E-state index in [0.29, 0.717) is 17.3 Å². The van der Waals surface area contributed by atoms with Crippen LogP contribution < -0.4 is 14.8 Å². The molecule has 8 heteroatoms. The number of ether oxygens (including phenoxy) is 2. The Hall–Kier alpha value is -3.91. The van der Waals surface area contributed by atoms with Gasteiger partial charge >= 0.3 is 0 Å². The van der Waals surface area contributed by atoms with Crippen LogP contribution in [0.2, 0.25) is 0 Å². The van der Waals surface area contributed by atoms with Crippen molar-refractivity contribution in [2.24, 2.45) is 0 Å². The maximum atomic E-state index is 5.41. The minimum atomic E-state index is 0.640. The summed E-state index contributed by atoms with van der Waals surface area (Å²) in [6, 6.07) is 13.9. The van der Waals surface area contributed by atoms with E-state index in [2.05, 4.69) is 39.6 Å². The van der Waals surface area contributed by atoms with E-state index < -0.39 is 0 Å². The molecule has 0 amide bonds. The van der Waals surface area contributed by atoms with Gasteiger partial charge in [0.25, 0.3) is 0 Å². The second kappa shape index (κ2) is 8.08. The lowest BCUT2D eigenvalue weighted by Gasteiger charge is -2.13. The summed E-state index contributed by atoms with van der Waals surface area (Å²) in [5, 5.41) is 6.34. The Bertz CT molecular complexity index is 1330. The van der Waals surface area contributed by atoms with Gasteiger partial charge in [0.05, 0.1) is 19.9 Å². The Morgan fingerprint density at radius 3 is 2.45 bits per heavy atom. The second-order valence-electron chi connectivity index (χ2n) is 6.74. The van der Waals surface area contributed by atoms with Crippen molar-refractivity contribution in [3.05, 3.63) is 72.6 Å². The number of hydrogen-bond acceptors (Lipinski definition) is 7. The Morgan fingerprint density at radius 2 is 1.71 bits per heavy atom. The van der Waals surface area contributed by atoms with Crippen molar-refractivity contribution < 1.29 is 9.47 Å². The van der Waals surface area contributed by atoms with Gasteiger partial charge < -0.3 is 19.2 Å². The third-order valence-electron chi connectivity index (χ3n) is 4.88. The van der Waals surface area contributed by atoms with Crippen LogP contribution in [0, 0.1) is 0 Å². The molecule has 0 spiro atoms. The summed E-state index contributed by atoms with van der Waals surface area (Å²) in [7, 11) is 3.23. The van der Waals surface area contributed by atoms with E-state index in [1.165, 1.54) is 0 Å². The van der Waals surface area contributed by atoms with Crippen molar-refractivity contribution in [1.29, 1.82) is 0 Å². The van der Waals surface area contributed by atoms with Crippen molar-refractivity contribution in [1.82, 2.24) is 19.4 Å². The monoisotopic (exact) mass is 429 g/mol. The second-order valence-corrected chi connectivity index (χ2v) is 7.64. The minimum absolute atomic E-state index is 0.640. The number of nitrogens with zero attached hydrogens (tertiary/aromatic N) is 4. The number of anilines is 2. The van der Waals surface area contributed by atoms with Crippen LogP contribution in [-0.2, 0) is 0 Å². The molecule has 154 valence electrons. The third kappa shape index (κ3) is 3.69. The highest BCUT2D eigenvalue weighted by Gasteiger charge is 2.12. The van der Waals surface area contributed by atoms with Crippen LogP contribution in [0.5, 0.6) is 11.5 Å². The maximum absolute atomic E-state index is 5.41. The number of fused-ring (bicyclic) bond motifs is 1. The maximum Gasteiger partial charge on any atom is 0.180 e. The molecule has 3 heterocycles. The van der Waals surface area contributed by atoms with E-state index in [1.807, 2.05) is 46.6 Å². The van der Waals surface area contributed by atoms with Crippen LogP contribution in [-0.4, -0.2) is 33.6 Å². The van der Waals surface area contributed by atoms with Crippen LogP contribution in [0.4, 0.5) is 11.5 Å². The first kappa shape index (κ1) is 19.1. The lowest BCUT2D eigenvalue weighted by atomic mass is 10.1. The van der Waals surface area contributed by atoms with E-state index >= 15 is 0 Å². The van der Waals surface area contributed by atoms with Crippen LogP contribution in [0.15, 0.2) is 72.6 Å². The number of rotatable bonds is 6. The molecule has 0 aliphatic heterocycles. The SMILES string of the molecule is COc1ccc(Nc2nc(-c3ccc(-c4nccs4)cc3)cn3ccnc23)cc1OC. The fraction of sp³-hybridized carbons (Fsp3) is 0.0870. The van der Waals surface area contributed by atoms with Gasteiger partial charge in [-0.05, 0) is 12.1 Å². The normalized spacial score (nSPS) is 10.9. The molecule has 3 aromatic heterocycles. The number of hydrogen-bond donors (Lipinski definition) is 1. The Morgan fingerprint density at radius 1 is 0.903 bits per heavy atom. The Balaban J connectivity index is 1.52. The predicted octanol–water partition coefficient (Wildman–Crippen LogP) is 5.28. The highest BCUT2D eigenvalue weighted by atomic mass is 32.1. The van der Waals surface area contributed by atoms with Crippen molar-refractivity contribution in [3.8, 4) is 33.3 Å². The van der Waals surface area contributed by atoms with Crippen molar-refractivity contribution in [2.45, 2.75) is 0 Å². The summed E-state index contributed by atoms with van der Waals surface area (Å²) in [6.07, 6.45) is 7.45. The van der Waals surface area contributed by atoms with Gasteiger partial charge in [0.15, 0.2) is 23.0 Å². The molecule has 2 aromatic carbocycles. The van der Waals surface area contributed by atoms with Crippen LogP contribution >= 0.6 is 11.3 Å². The van der Waals surface area contributed by atoms with Crippen molar-refractivity contribution >= 4 is 28.5 Å². The Kier molecular flexibility index (Phi) is 4.97. The first-order valence-electron chi connectivity index (χ1n) is 9.58. The summed E-state index contributed by atoms with van der Waals surface area (Å²) in [5.41, 5.74) is 4.49. The molecule has 0 unspecified atom stereocenters. The fourth-order valence-corrected chi connectivity index (χ4v) is 4.00. The van der Waals surface area contributed by atoms with Gasteiger partial charge in [0.2, 0.25) is 0 Å². The number of methoxy groups -OCH3 is 2. The van der Waals surface area contributed by atoms with Crippen LogP contribution in [0.1, 0.15) is 0 Å². The molecule has 0 aliphatic carbocycles. The van der Waals surface area contributed by atoms with Crippen molar-refractivity contribution in [3.63, 3.8) is 0 Å². The number of nitrogens with one attached hydrogen (secondary N) is 1. The lowest BCUT2D eigenvalue weighted by molar-refractivity contribution is 0.355. The summed E-state index contributed by atoms with van der Waals surface area (Å²) >= 11 is 1.62. The average molecular weight is 430 g/mol. The molecule has 5 rings (SSSR count). The standard InChI is InChI=1S/C23H19N5O2S/c1-29-19-8-7-17(13-20(19)30-2)26-21-22-24-9-11-28(22)14-18(27-21)15-3-5-16(6-4-15)23-25-10-12-31-23/h3-14H,1-2H3,(H,26,27). The Labute approximate surface area is 183 Å². The van der Waals surface area contributed by atoms with Crippen LogP contribution in [0.25, 0.3) is 27.5 Å². The van der Waals surface area contributed by atoms with Gasteiger partial charge in [-0.15, -0.1) is 11.3 Å². The minimum Gasteiger partial charge on any atom is -0.493 e. The largest absolute Gasteiger partial charge is 0.493 e. The molecule has 0 saturated carbocycles. The van der Waals surface area contributed by atoms with Gasteiger partial charge in [-0.2, -0.15) is 0 Å². The first-order chi connectivity index (χ1) is 15.2. The number of aromatic nitrogens is 4. The van der Waals surface area contributed by atoms with Gasteiger partial charge in [0, 0.05) is 53.0 Å². The lowest BCUT2D eigenvalue weighted by Crippen LogP contribution is -2.01. The van der Waals surface area contributed by atoms with Crippen LogP contribution in [0.3, 0.4) is 0 Å². The van der Waals surface area contributed by atoms with Gasteiger partial charge in [-0.1, -0.05) is 24.3 Å². The molecular formula is C23H19N5O2S. The highest BCUT2D eigenvalue weighted by molar-refractivity contribution is 7.13. The summed E-state index contributed by atoms with van der Waals surface area (Å²) < 4.78 is 12.7. The van der Waals surface area contributed by atoms with E-state index in [0.717, 1.165) is 33.2 Å². The molecule has 0 atom stereocenters. The molecule has 0 fully saturated rings. The molecule has 0 bridgehead atoms. The predicted molar refractivity (Wildman–Crippen MR) is 122 cm³/mol. The molecule has 0 aliphatic rings. The molecule has 0 radical (unpaired) electrons. The molecule has 1 N–H and O–H groups in total. The number of imidazole rings is 1. The zero-order chi connectivity index (χ0) is 21.2. The summed E-state index contributed by atoms with van der Waals surface area (Å²) in [6.45, 7) is 0. The quantitative estimate of drug-likeness (QED) is 0.396. The smallest absolute Gasteiger partial charge is 0.180 e. The van der Waals surface area contributed by atoms with E-state index in [-0.39, 0.29) is 0 Å². The van der Waals surface area contributed by atoms with E-state index in [4.69, 9.17) is 14.5 Å². The van der Waals surface area contributed by atoms with Gasteiger partial charge in [-0.25, -0.2) is 15.0 Å². The van der Waals surface area contributed by atoms with E-state index in [9.17, 15) is 0 Å². The fourth-order valence-electron chi connectivity index (χ4n) is 3.35. The van der Waals surface area contributed by atoms with Gasteiger partial charge in [-0.3, -0.25) is 0 Å². The molecule has 0 saturated heterocycles. The first-order valence-corrected chi connectivity index (χ1v) is 10.5. The van der Waals surface area contributed by atoms with Crippen molar-refractivity contribution in [2.75, 3.05) is 19.5 Å². The third-order valence-corrected chi connectivity index (χ3v) is 5.70. The zero-order valence-corrected chi connectivity index (χ0v) is 17.8. The molecule has 5 aromatic rings. The average Bonchev–Trinajstić information content (AvgIpc) is 3.51. The summed E-state index contributed by atoms with van der Waals surface area (Å²) in [5.74, 6) is 1.96.